The minimum atomic E-state index is -0.485. The van der Waals surface area contributed by atoms with Crippen LogP contribution in [0.2, 0.25) is 0 Å². The second kappa shape index (κ2) is 6.48. The van der Waals surface area contributed by atoms with Crippen molar-refractivity contribution >= 4 is 28.4 Å². The van der Waals surface area contributed by atoms with Crippen LogP contribution in [0.25, 0.3) is 10.8 Å². The number of nitrogens with two attached hydrogens (primary N) is 1. The Morgan fingerprint density at radius 1 is 1.08 bits per heavy atom. The average Bonchev–Trinajstić information content (AvgIpc) is 3.47. The quantitative estimate of drug-likeness (QED) is 0.739. The van der Waals surface area contributed by atoms with E-state index in [9.17, 15) is 9.59 Å². The zero-order valence-corrected chi connectivity index (χ0v) is 13.9. The SMILES string of the molecule is NC(=O)c1cccc2c(Oc3ccnc(NC(=O)C4CC4)c3)cccc12. The van der Waals surface area contributed by atoms with Crippen LogP contribution in [-0.4, -0.2) is 16.8 Å². The van der Waals surface area contributed by atoms with E-state index < -0.39 is 5.91 Å². The molecule has 0 aliphatic heterocycles. The van der Waals surface area contributed by atoms with Crippen molar-refractivity contribution in [1.82, 2.24) is 4.98 Å². The van der Waals surface area contributed by atoms with Crippen molar-refractivity contribution < 1.29 is 14.3 Å². The number of nitrogens with zero attached hydrogens (tertiary/aromatic N) is 1. The van der Waals surface area contributed by atoms with Gasteiger partial charge in [0.05, 0.1) is 0 Å². The van der Waals surface area contributed by atoms with Gasteiger partial charge in [0.15, 0.2) is 0 Å². The smallest absolute Gasteiger partial charge is 0.249 e. The van der Waals surface area contributed by atoms with Gasteiger partial charge in [0.1, 0.15) is 17.3 Å². The monoisotopic (exact) mass is 347 g/mol. The molecule has 6 nitrogen and oxygen atoms in total. The van der Waals surface area contributed by atoms with E-state index in [1.54, 1.807) is 36.5 Å². The summed E-state index contributed by atoms with van der Waals surface area (Å²) in [7, 11) is 0. The Hall–Kier alpha value is -3.41. The van der Waals surface area contributed by atoms with Gasteiger partial charge in [-0.3, -0.25) is 9.59 Å². The second-order valence-electron chi connectivity index (χ2n) is 6.26. The predicted molar refractivity (Wildman–Crippen MR) is 98.1 cm³/mol. The van der Waals surface area contributed by atoms with E-state index in [1.165, 1.54) is 0 Å². The summed E-state index contributed by atoms with van der Waals surface area (Å²) >= 11 is 0. The summed E-state index contributed by atoms with van der Waals surface area (Å²) < 4.78 is 5.98. The molecule has 2 aromatic carbocycles. The molecule has 1 saturated carbocycles. The number of pyridine rings is 1. The molecule has 2 amide bonds. The lowest BCUT2D eigenvalue weighted by Crippen LogP contribution is -2.14. The normalized spacial score (nSPS) is 13.4. The highest BCUT2D eigenvalue weighted by molar-refractivity contribution is 6.07. The van der Waals surface area contributed by atoms with E-state index in [0.29, 0.717) is 22.9 Å². The number of benzene rings is 2. The molecule has 1 aliphatic carbocycles. The van der Waals surface area contributed by atoms with Gasteiger partial charge in [-0.15, -0.1) is 0 Å². The Morgan fingerprint density at radius 2 is 1.85 bits per heavy atom. The second-order valence-corrected chi connectivity index (χ2v) is 6.26. The Kier molecular flexibility index (Phi) is 4.01. The highest BCUT2D eigenvalue weighted by atomic mass is 16.5. The van der Waals surface area contributed by atoms with Crippen molar-refractivity contribution in [3.63, 3.8) is 0 Å². The van der Waals surface area contributed by atoms with E-state index in [0.717, 1.165) is 23.6 Å². The minimum absolute atomic E-state index is 0.00842. The van der Waals surface area contributed by atoms with Gasteiger partial charge in [-0.25, -0.2) is 4.98 Å². The molecule has 1 aliphatic rings. The molecule has 0 bridgehead atoms. The molecule has 1 heterocycles. The lowest BCUT2D eigenvalue weighted by molar-refractivity contribution is -0.117. The number of nitrogens with one attached hydrogen (secondary N) is 1. The highest BCUT2D eigenvalue weighted by Gasteiger charge is 2.29. The number of fused-ring (bicyclic) bond motifs is 1. The van der Waals surface area contributed by atoms with Gasteiger partial charge >= 0.3 is 0 Å². The maximum absolute atomic E-state index is 11.9. The zero-order chi connectivity index (χ0) is 18.1. The van der Waals surface area contributed by atoms with E-state index in [-0.39, 0.29) is 11.8 Å². The van der Waals surface area contributed by atoms with Crippen LogP contribution in [0.15, 0.2) is 54.7 Å². The Labute approximate surface area is 150 Å². The lowest BCUT2D eigenvalue weighted by Gasteiger charge is -2.11. The Morgan fingerprint density at radius 3 is 2.62 bits per heavy atom. The number of carbonyl (C=O) groups excluding carboxylic acids is 2. The summed E-state index contributed by atoms with van der Waals surface area (Å²) in [5.41, 5.74) is 5.89. The molecule has 0 radical (unpaired) electrons. The van der Waals surface area contributed by atoms with Crippen LogP contribution in [0.5, 0.6) is 11.5 Å². The third kappa shape index (κ3) is 3.21. The van der Waals surface area contributed by atoms with Gasteiger partial charge in [0.25, 0.3) is 0 Å². The number of ether oxygens (including phenoxy) is 1. The maximum Gasteiger partial charge on any atom is 0.249 e. The Bertz CT molecular complexity index is 1010. The third-order valence-electron chi connectivity index (χ3n) is 4.31. The fraction of sp³-hybridized carbons (Fsp3) is 0.150. The number of rotatable bonds is 5. The maximum atomic E-state index is 11.9. The lowest BCUT2D eigenvalue weighted by atomic mass is 10.0. The Balaban J connectivity index is 1.64. The first-order valence-electron chi connectivity index (χ1n) is 8.38. The first-order chi connectivity index (χ1) is 12.6. The number of primary amides is 1. The van der Waals surface area contributed by atoms with Crippen LogP contribution in [-0.2, 0) is 4.79 Å². The van der Waals surface area contributed by atoms with Crippen molar-refractivity contribution in [1.29, 1.82) is 0 Å². The molecule has 0 atom stereocenters. The first kappa shape index (κ1) is 16.1. The number of hydrogen-bond acceptors (Lipinski definition) is 4. The van der Waals surface area contributed by atoms with Gasteiger partial charge in [-0.05, 0) is 36.4 Å². The molecular formula is C20H17N3O3. The predicted octanol–water partition coefficient (Wildman–Crippen LogP) is 3.47. The van der Waals surface area contributed by atoms with Crippen molar-refractivity contribution in [3.8, 4) is 11.5 Å². The molecule has 3 aromatic rings. The van der Waals surface area contributed by atoms with Crippen LogP contribution in [0.1, 0.15) is 23.2 Å². The van der Waals surface area contributed by atoms with Crippen molar-refractivity contribution in [3.05, 3.63) is 60.3 Å². The van der Waals surface area contributed by atoms with Gasteiger partial charge < -0.3 is 15.8 Å². The molecule has 1 fully saturated rings. The van der Waals surface area contributed by atoms with Gasteiger partial charge in [0, 0.05) is 29.1 Å². The number of aromatic nitrogens is 1. The highest BCUT2D eigenvalue weighted by Crippen LogP contribution is 2.33. The third-order valence-corrected chi connectivity index (χ3v) is 4.31. The summed E-state index contributed by atoms with van der Waals surface area (Å²) in [5.74, 6) is 1.20. The molecule has 0 unspecified atom stereocenters. The first-order valence-corrected chi connectivity index (χ1v) is 8.38. The van der Waals surface area contributed by atoms with Crippen molar-refractivity contribution in [2.24, 2.45) is 11.7 Å². The molecule has 3 N–H and O–H groups in total. The zero-order valence-electron chi connectivity index (χ0n) is 13.9. The summed E-state index contributed by atoms with van der Waals surface area (Å²) in [6.07, 6.45) is 3.44. The largest absolute Gasteiger partial charge is 0.457 e. The molecule has 0 saturated heterocycles. The molecule has 0 spiro atoms. The fourth-order valence-electron chi connectivity index (χ4n) is 2.83. The van der Waals surface area contributed by atoms with Crippen molar-refractivity contribution in [2.45, 2.75) is 12.8 Å². The number of hydrogen-bond donors (Lipinski definition) is 2. The standard InChI is InChI=1S/C20H17N3O3/c21-19(24)16-5-1-4-15-14(16)3-2-6-17(15)26-13-9-10-22-18(11-13)23-20(25)12-7-8-12/h1-6,9-12H,7-8H2,(H2,21,24)(H,22,23,25). The van der Waals surface area contributed by atoms with Crippen LogP contribution >= 0.6 is 0 Å². The summed E-state index contributed by atoms with van der Waals surface area (Å²) in [6, 6.07) is 14.2. The minimum Gasteiger partial charge on any atom is -0.457 e. The molecular weight excluding hydrogens is 330 g/mol. The fourth-order valence-corrected chi connectivity index (χ4v) is 2.83. The molecule has 130 valence electrons. The topological polar surface area (TPSA) is 94.3 Å². The number of anilines is 1. The van der Waals surface area contributed by atoms with Gasteiger partial charge in [-0.1, -0.05) is 24.3 Å². The molecule has 26 heavy (non-hydrogen) atoms. The molecule has 6 heteroatoms. The van der Waals surface area contributed by atoms with Crippen LogP contribution in [0, 0.1) is 5.92 Å². The average molecular weight is 347 g/mol. The molecule has 4 rings (SSSR count). The van der Waals surface area contributed by atoms with Gasteiger partial charge in [0.2, 0.25) is 11.8 Å². The summed E-state index contributed by atoms with van der Waals surface area (Å²) in [6.45, 7) is 0. The van der Waals surface area contributed by atoms with E-state index in [1.807, 2.05) is 18.2 Å². The van der Waals surface area contributed by atoms with E-state index in [2.05, 4.69) is 10.3 Å². The van der Waals surface area contributed by atoms with Crippen LogP contribution in [0.3, 0.4) is 0 Å². The summed E-state index contributed by atoms with van der Waals surface area (Å²) in [5, 5.41) is 4.31. The van der Waals surface area contributed by atoms with Crippen LogP contribution < -0.4 is 15.8 Å². The molecule has 1 aromatic heterocycles. The van der Waals surface area contributed by atoms with E-state index >= 15 is 0 Å². The van der Waals surface area contributed by atoms with Crippen molar-refractivity contribution in [2.75, 3.05) is 5.32 Å². The summed E-state index contributed by atoms with van der Waals surface area (Å²) in [4.78, 5) is 27.7. The number of carbonyl (C=O) groups is 2. The number of amides is 2. The van der Waals surface area contributed by atoms with Crippen LogP contribution in [0.4, 0.5) is 5.82 Å². The van der Waals surface area contributed by atoms with E-state index in [4.69, 9.17) is 10.5 Å². The van der Waals surface area contributed by atoms with Gasteiger partial charge in [-0.2, -0.15) is 0 Å².